The Hall–Kier alpha value is -1.22. The van der Waals surface area contributed by atoms with Crippen LogP contribution in [0.1, 0.15) is 155 Å². The third kappa shape index (κ3) is 30.8. The summed E-state index contributed by atoms with van der Waals surface area (Å²) >= 11 is 0. The maximum Gasteiger partial charge on any atom is 0.307 e. The lowest BCUT2D eigenvalue weighted by molar-refractivity contribution is -0.145. The number of ether oxygens (including phenoxy) is 2. The largest absolute Gasteiger partial charge is 0.466 e. The first-order valence-electron chi connectivity index (χ1n) is 18.7. The van der Waals surface area contributed by atoms with Gasteiger partial charge in [0.1, 0.15) is 0 Å². The maximum atomic E-state index is 12.3. The van der Waals surface area contributed by atoms with Gasteiger partial charge in [-0.25, -0.2) is 0 Å². The van der Waals surface area contributed by atoms with Crippen LogP contribution >= 0.6 is 0 Å². The Morgan fingerprint density at radius 3 is 1.02 bits per heavy atom. The van der Waals surface area contributed by atoms with E-state index in [1.165, 1.54) is 103 Å². The summed E-state index contributed by atoms with van der Waals surface area (Å²) in [5, 5.41) is 0. The van der Waals surface area contributed by atoms with Gasteiger partial charge in [0.2, 0.25) is 0 Å². The SMILES string of the molecule is CCCCCCCCCCCCOC(=O)CCN(CCN)CCN(CCN)CCC(=O)OCCCCCCCCCCCC. The Bertz CT molecular complexity index is 571. The topological polar surface area (TPSA) is 111 Å². The highest BCUT2D eigenvalue weighted by molar-refractivity contribution is 5.69. The molecule has 0 aromatic carbocycles. The van der Waals surface area contributed by atoms with Crippen molar-refractivity contribution in [3.63, 3.8) is 0 Å². The number of carbonyl (C=O) groups excluding carboxylic acids is 2. The number of nitrogens with zero attached hydrogens (tertiary/aromatic N) is 2. The van der Waals surface area contributed by atoms with Crippen LogP contribution in [0, 0.1) is 0 Å². The van der Waals surface area contributed by atoms with Gasteiger partial charge in [-0.15, -0.1) is 0 Å². The highest BCUT2D eigenvalue weighted by Crippen LogP contribution is 2.12. The van der Waals surface area contributed by atoms with Crippen molar-refractivity contribution in [3.05, 3.63) is 0 Å². The molecule has 0 aliphatic rings. The van der Waals surface area contributed by atoms with E-state index < -0.39 is 0 Å². The van der Waals surface area contributed by atoms with E-state index in [2.05, 4.69) is 23.6 Å². The summed E-state index contributed by atoms with van der Waals surface area (Å²) in [4.78, 5) is 29.0. The molecule has 0 atom stereocenters. The zero-order valence-corrected chi connectivity index (χ0v) is 29.3. The summed E-state index contributed by atoms with van der Waals surface area (Å²) in [6.45, 7) is 10.9. The summed E-state index contributed by atoms with van der Waals surface area (Å²) in [6.07, 6.45) is 26.1. The normalized spacial score (nSPS) is 11.5. The molecule has 262 valence electrons. The van der Waals surface area contributed by atoms with Crippen LogP contribution in [0.2, 0.25) is 0 Å². The highest BCUT2D eigenvalue weighted by atomic mass is 16.5. The van der Waals surface area contributed by atoms with E-state index in [4.69, 9.17) is 20.9 Å². The van der Waals surface area contributed by atoms with Crippen molar-refractivity contribution >= 4 is 11.9 Å². The van der Waals surface area contributed by atoms with Crippen molar-refractivity contribution in [1.29, 1.82) is 0 Å². The fourth-order valence-electron chi connectivity index (χ4n) is 5.51. The van der Waals surface area contributed by atoms with Crippen LogP contribution in [0.15, 0.2) is 0 Å². The summed E-state index contributed by atoms with van der Waals surface area (Å²) in [5.41, 5.74) is 11.7. The lowest BCUT2D eigenvalue weighted by Gasteiger charge is -2.27. The summed E-state index contributed by atoms with van der Waals surface area (Å²) in [5.74, 6) is -0.265. The molecule has 4 N–H and O–H groups in total. The van der Waals surface area contributed by atoms with E-state index in [0.29, 0.717) is 52.2 Å². The van der Waals surface area contributed by atoms with E-state index in [1.807, 2.05) is 0 Å². The minimum absolute atomic E-state index is 0.132. The Kier molecular flexibility index (Phi) is 33.7. The smallest absolute Gasteiger partial charge is 0.307 e. The average molecular weight is 627 g/mol. The van der Waals surface area contributed by atoms with Crippen LogP contribution in [0.25, 0.3) is 0 Å². The third-order valence-corrected chi connectivity index (χ3v) is 8.41. The molecule has 0 radical (unpaired) electrons. The minimum atomic E-state index is -0.132. The minimum Gasteiger partial charge on any atom is -0.466 e. The zero-order valence-electron chi connectivity index (χ0n) is 29.3. The van der Waals surface area contributed by atoms with Gasteiger partial charge >= 0.3 is 11.9 Å². The number of nitrogens with two attached hydrogens (primary N) is 2. The van der Waals surface area contributed by atoms with Gasteiger partial charge in [-0.05, 0) is 12.8 Å². The van der Waals surface area contributed by atoms with Crippen molar-refractivity contribution in [1.82, 2.24) is 9.80 Å². The number of hydrogen-bond acceptors (Lipinski definition) is 8. The van der Waals surface area contributed by atoms with Crippen molar-refractivity contribution in [2.24, 2.45) is 11.5 Å². The molecule has 8 heteroatoms. The fraction of sp³-hybridized carbons (Fsp3) is 0.944. The molecule has 0 spiro atoms. The van der Waals surface area contributed by atoms with Crippen molar-refractivity contribution < 1.29 is 19.1 Å². The average Bonchev–Trinajstić information content (AvgIpc) is 3.02. The van der Waals surface area contributed by atoms with E-state index in [9.17, 15) is 9.59 Å². The molecular weight excluding hydrogens is 552 g/mol. The fourth-order valence-corrected chi connectivity index (χ4v) is 5.51. The quantitative estimate of drug-likeness (QED) is 0.0561. The van der Waals surface area contributed by atoms with Crippen LogP contribution in [-0.4, -0.2) is 87.3 Å². The van der Waals surface area contributed by atoms with Crippen LogP contribution in [0.5, 0.6) is 0 Å². The molecule has 0 amide bonds. The van der Waals surface area contributed by atoms with E-state index in [1.54, 1.807) is 0 Å². The molecule has 0 aromatic heterocycles. The summed E-state index contributed by atoms with van der Waals surface area (Å²) in [6, 6.07) is 0. The molecule has 0 aliphatic heterocycles. The molecule has 44 heavy (non-hydrogen) atoms. The van der Waals surface area contributed by atoms with Gasteiger partial charge in [0.15, 0.2) is 0 Å². The molecule has 0 unspecified atom stereocenters. The van der Waals surface area contributed by atoms with E-state index in [0.717, 1.165) is 51.9 Å². The zero-order chi connectivity index (χ0) is 32.4. The molecule has 0 bridgehead atoms. The lowest BCUT2D eigenvalue weighted by Crippen LogP contribution is -2.41. The van der Waals surface area contributed by atoms with E-state index >= 15 is 0 Å². The number of rotatable bonds is 35. The van der Waals surface area contributed by atoms with Crippen LogP contribution in [0.4, 0.5) is 0 Å². The lowest BCUT2D eigenvalue weighted by atomic mass is 10.1. The second kappa shape index (κ2) is 34.6. The first-order valence-corrected chi connectivity index (χ1v) is 18.7. The number of esters is 2. The second-order valence-electron chi connectivity index (χ2n) is 12.6. The molecule has 0 rings (SSSR count). The predicted octanol–water partition coefficient (Wildman–Crippen LogP) is 7.22. The molecule has 0 aliphatic carbocycles. The first kappa shape index (κ1) is 42.8. The standard InChI is InChI=1S/C36H74N4O4/c1-3-5-7-9-11-13-15-17-19-21-33-43-35(41)23-27-39(29-25-37)31-32-40(30-26-38)28-24-36(42)44-34-22-20-18-16-14-12-10-8-6-4-2/h3-34,37-38H2,1-2H3. The number of unbranched alkanes of at least 4 members (excludes halogenated alkanes) is 18. The second-order valence-corrected chi connectivity index (χ2v) is 12.6. The molecule has 0 saturated heterocycles. The Labute approximate surface area is 272 Å². The van der Waals surface area contributed by atoms with Gasteiger partial charge in [0, 0.05) is 52.4 Å². The van der Waals surface area contributed by atoms with Gasteiger partial charge in [0.05, 0.1) is 26.1 Å². The molecular formula is C36H74N4O4. The first-order chi connectivity index (χ1) is 21.6. The molecule has 0 aromatic rings. The van der Waals surface area contributed by atoms with Crippen molar-refractivity contribution in [2.45, 2.75) is 155 Å². The van der Waals surface area contributed by atoms with Gasteiger partial charge in [0.25, 0.3) is 0 Å². The molecule has 0 heterocycles. The molecule has 8 nitrogen and oxygen atoms in total. The van der Waals surface area contributed by atoms with Crippen LogP contribution < -0.4 is 11.5 Å². The maximum absolute atomic E-state index is 12.3. The highest BCUT2D eigenvalue weighted by Gasteiger charge is 2.13. The van der Waals surface area contributed by atoms with Crippen LogP contribution in [-0.2, 0) is 19.1 Å². The number of hydrogen-bond donors (Lipinski definition) is 2. The van der Waals surface area contributed by atoms with Gasteiger partial charge in [-0.3, -0.25) is 9.59 Å². The Balaban J connectivity index is 3.97. The van der Waals surface area contributed by atoms with Crippen LogP contribution in [0.3, 0.4) is 0 Å². The van der Waals surface area contributed by atoms with Gasteiger partial charge < -0.3 is 30.7 Å². The van der Waals surface area contributed by atoms with Gasteiger partial charge in [-0.1, -0.05) is 129 Å². The molecule has 0 saturated carbocycles. The molecule has 0 fully saturated rings. The Morgan fingerprint density at radius 2 is 0.727 bits per heavy atom. The Morgan fingerprint density at radius 1 is 0.432 bits per heavy atom. The summed E-state index contributed by atoms with van der Waals surface area (Å²) < 4.78 is 11.0. The van der Waals surface area contributed by atoms with Gasteiger partial charge in [-0.2, -0.15) is 0 Å². The van der Waals surface area contributed by atoms with Crippen molar-refractivity contribution in [2.75, 3.05) is 65.6 Å². The number of carbonyl (C=O) groups is 2. The monoisotopic (exact) mass is 627 g/mol. The third-order valence-electron chi connectivity index (χ3n) is 8.41. The van der Waals surface area contributed by atoms with E-state index in [-0.39, 0.29) is 11.9 Å². The summed E-state index contributed by atoms with van der Waals surface area (Å²) in [7, 11) is 0. The van der Waals surface area contributed by atoms with Crippen molar-refractivity contribution in [3.8, 4) is 0 Å². The predicted molar refractivity (Wildman–Crippen MR) is 186 cm³/mol.